The number of halogens is 1. The zero-order valence-corrected chi connectivity index (χ0v) is 17.4. The molecular weight excluding hydrogens is 404 g/mol. The summed E-state index contributed by atoms with van der Waals surface area (Å²) >= 11 is 5.84. The topological polar surface area (TPSA) is 101 Å². The summed E-state index contributed by atoms with van der Waals surface area (Å²) in [4.78, 5) is 17.0. The second-order valence-corrected chi connectivity index (χ2v) is 8.80. The molecule has 9 nitrogen and oxygen atoms in total. The molecule has 1 aliphatic rings. The summed E-state index contributed by atoms with van der Waals surface area (Å²) in [6.07, 6.45) is 0. The molecule has 2 aromatic rings. The number of morpholine rings is 1. The minimum Gasteiger partial charge on any atom is -0.378 e. The average Bonchev–Trinajstić information content (AvgIpc) is 2.68. The van der Waals surface area contributed by atoms with Crippen LogP contribution in [0.2, 0.25) is 5.02 Å². The summed E-state index contributed by atoms with van der Waals surface area (Å²) < 4.78 is 32.7. The van der Waals surface area contributed by atoms with E-state index in [1.54, 1.807) is 29.2 Å². The first-order valence-electron chi connectivity index (χ1n) is 8.79. The molecule has 1 saturated heterocycles. The van der Waals surface area contributed by atoms with Gasteiger partial charge in [-0.1, -0.05) is 23.7 Å². The molecule has 1 aromatic carbocycles. The second-order valence-electron chi connectivity index (χ2n) is 6.55. The Balaban J connectivity index is 1.73. The van der Waals surface area contributed by atoms with Crippen LogP contribution in [0, 0.1) is 0 Å². The van der Waals surface area contributed by atoms with Crippen LogP contribution in [-0.4, -0.2) is 63.8 Å². The molecule has 1 aromatic heterocycles. The summed E-state index contributed by atoms with van der Waals surface area (Å²) in [5.41, 5.74) is 0.649. The highest BCUT2D eigenvalue weighted by Crippen LogP contribution is 2.15. The Hall–Kier alpha value is -2.01. The molecule has 11 heteroatoms. The van der Waals surface area contributed by atoms with Crippen LogP contribution >= 0.6 is 11.6 Å². The van der Waals surface area contributed by atoms with E-state index in [1.165, 1.54) is 0 Å². The van der Waals surface area contributed by atoms with E-state index in [9.17, 15) is 8.42 Å². The fraction of sp³-hybridized carbons (Fsp3) is 0.471. The first-order chi connectivity index (χ1) is 13.3. The van der Waals surface area contributed by atoms with E-state index in [1.807, 2.05) is 19.0 Å². The van der Waals surface area contributed by atoms with Crippen molar-refractivity contribution in [3.8, 4) is 0 Å². The number of rotatable bonds is 7. The fourth-order valence-electron chi connectivity index (χ4n) is 2.60. The minimum absolute atomic E-state index is 0.0172. The van der Waals surface area contributed by atoms with Gasteiger partial charge in [0.1, 0.15) is 0 Å². The molecule has 0 radical (unpaired) electrons. The van der Waals surface area contributed by atoms with Gasteiger partial charge in [0.25, 0.3) is 0 Å². The Kier molecular flexibility index (Phi) is 6.65. The van der Waals surface area contributed by atoms with Crippen molar-refractivity contribution in [2.45, 2.75) is 12.3 Å². The van der Waals surface area contributed by atoms with Gasteiger partial charge in [-0.2, -0.15) is 15.0 Å². The molecule has 0 bridgehead atoms. The smallest absolute Gasteiger partial charge is 0.230 e. The number of nitrogens with one attached hydrogen (secondary N) is 1. The Morgan fingerprint density at radius 1 is 1.14 bits per heavy atom. The molecule has 152 valence electrons. The maximum absolute atomic E-state index is 12.4. The van der Waals surface area contributed by atoms with Crippen molar-refractivity contribution in [2.75, 3.05) is 50.2 Å². The molecular formula is C17H23ClN6O3S. The predicted molar refractivity (Wildman–Crippen MR) is 108 cm³/mol. The van der Waals surface area contributed by atoms with E-state index in [0.717, 1.165) is 0 Å². The number of hydrogen-bond donors (Lipinski definition) is 1. The Morgan fingerprint density at radius 3 is 2.46 bits per heavy atom. The third-order valence-corrected chi connectivity index (χ3v) is 5.62. The molecule has 1 fully saturated rings. The lowest BCUT2D eigenvalue weighted by molar-refractivity contribution is 0.122. The van der Waals surface area contributed by atoms with Crippen LogP contribution in [0.5, 0.6) is 0 Å². The number of benzene rings is 1. The maximum atomic E-state index is 12.4. The SMILES string of the molecule is CN(C)c1nc(CNS(=O)(=O)Cc2ccc(Cl)cc2)nc(N2CCOCC2)n1. The van der Waals surface area contributed by atoms with Crippen molar-refractivity contribution >= 4 is 33.5 Å². The number of nitrogens with zero attached hydrogens (tertiary/aromatic N) is 5. The Bertz CT molecular complexity index is 902. The van der Waals surface area contributed by atoms with Crippen LogP contribution in [0.25, 0.3) is 0 Å². The van der Waals surface area contributed by atoms with Gasteiger partial charge in [0.15, 0.2) is 5.82 Å². The highest BCUT2D eigenvalue weighted by Gasteiger charge is 2.18. The van der Waals surface area contributed by atoms with Gasteiger partial charge in [0.2, 0.25) is 21.9 Å². The molecule has 0 saturated carbocycles. The number of anilines is 2. The van der Waals surface area contributed by atoms with Gasteiger partial charge in [0.05, 0.1) is 25.5 Å². The largest absolute Gasteiger partial charge is 0.378 e. The Morgan fingerprint density at radius 2 is 1.82 bits per heavy atom. The van der Waals surface area contributed by atoms with Crippen molar-refractivity contribution in [2.24, 2.45) is 0 Å². The number of aromatic nitrogens is 3. The van der Waals surface area contributed by atoms with Crippen LogP contribution in [0.1, 0.15) is 11.4 Å². The standard InChI is InChI=1S/C17H23ClN6O3S/c1-23(2)16-20-15(21-17(22-16)24-7-9-27-10-8-24)11-19-28(25,26)12-13-3-5-14(18)6-4-13/h3-6,19H,7-12H2,1-2H3. The quantitative estimate of drug-likeness (QED) is 0.701. The Labute approximate surface area is 169 Å². The molecule has 0 amide bonds. The van der Waals surface area contributed by atoms with Crippen molar-refractivity contribution < 1.29 is 13.2 Å². The average molecular weight is 427 g/mol. The van der Waals surface area contributed by atoms with Crippen LogP contribution in [0.3, 0.4) is 0 Å². The van der Waals surface area contributed by atoms with E-state index in [2.05, 4.69) is 19.7 Å². The van der Waals surface area contributed by atoms with Crippen molar-refractivity contribution in [3.05, 3.63) is 40.7 Å². The molecule has 28 heavy (non-hydrogen) atoms. The third kappa shape index (κ3) is 5.74. The minimum atomic E-state index is -3.56. The predicted octanol–water partition coefficient (Wildman–Crippen LogP) is 1.05. The molecule has 0 spiro atoms. The summed E-state index contributed by atoms with van der Waals surface area (Å²) in [7, 11) is 0.0954. The summed E-state index contributed by atoms with van der Waals surface area (Å²) in [6.45, 7) is 2.55. The molecule has 1 aliphatic heterocycles. The number of sulfonamides is 1. The van der Waals surface area contributed by atoms with Gasteiger partial charge in [-0.05, 0) is 17.7 Å². The lowest BCUT2D eigenvalue weighted by Gasteiger charge is -2.27. The molecule has 0 unspecified atom stereocenters. The fourth-order valence-corrected chi connectivity index (χ4v) is 3.81. The second kappa shape index (κ2) is 8.99. The van der Waals surface area contributed by atoms with E-state index in [-0.39, 0.29) is 12.3 Å². The zero-order valence-electron chi connectivity index (χ0n) is 15.8. The highest BCUT2D eigenvalue weighted by molar-refractivity contribution is 7.88. The summed E-state index contributed by atoms with van der Waals surface area (Å²) in [5.74, 6) is 1.21. The van der Waals surface area contributed by atoms with Crippen LogP contribution < -0.4 is 14.5 Å². The van der Waals surface area contributed by atoms with Crippen molar-refractivity contribution in [3.63, 3.8) is 0 Å². The maximum Gasteiger partial charge on any atom is 0.230 e. The van der Waals surface area contributed by atoms with Crippen LogP contribution in [0.15, 0.2) is 24.3 Å². The first-order valence-corrected chi connectivity index (χ1v) is 10.8. The van der Waals surface area contributed by atoms with Crippen molar-refractivity contribution in [1.82, 2.24) is 19.7 Å². The third-order valence-electron chi connectivity index (χ3n) is 4.07. The summed E-state index contributed by atoms with van der Waals surface area (Å²) in [5, 5.41) is 0.561. The normalized spacial score (nSPS) is 14.9. The van der Waals surface area contributed by atoms with E-state index in [4.69, 9.17) is 16.3 Å². The first kappa shape index (κ1) is 20.7. The summed E-state index contributed by atoms with van der Waals surface area (Å²) in [6, 6.07) is 6.70. The number of hydrogen-bond acceptors (Lipinski definition) is 8. The monoisotopic (exact) mass is 426 g/mol. The zero-order chi connectivity index (χ0) is 20.1. The lowest BCUT2D eigenvalue weighted by atomic mass is 10.2. The molecule has 3 rings (SSSR count). The molecule has 0 aliphatic carbocycles. The van der Waals surface area contributed by atoms with Crippen molar-refractivity contribution in [1.29, 1.82) is 0 Å². The van der Waals surface area contributed by atoms with Gasteiger partial charge >= 0.3 is 0 Å². The molecule has 2 heterocycles. The van der Waals surface area contributed by atoms with Crippen LogP contribution in [-0.2, 0) is 27.1 Å². The van der Waals surface area contributed by atoms with E-state index in [0.29, 0.717) is 54.6 Å². The van der Waals surface area contributed by atoms with Gasteiger partial charge in [-0.25, -0.2) is 13.1 Å². The van der Waals surface area contributed by atoms with E-state index >= 15 is 0 Å². The highest BCUT2D eigenvalue weighted by atomic mass is 35.5. The lowest BCUT2D eigenvalue weighted by Crippen LogP contribution is -2.38. The molecule has 0 atom stereocenters. The molecule has 1 N–H and O–H groups in total. The van der Waals surface area contributed by atoms with E-state index < -0.39 is 10.0 Å². The van der Waals surface area contributed by atoms with Gasteiger partial charge in [-0.3, -0.25) is 0 Å². The number of ether oxygens (including phenoxy) is 1. The van der Waals surface area contributed by atoms with Gasteiger partial charge < -0.3 is 14.5 Å². The van der Waals surface area contributed by atoms with Crippen LogP contribution in [0.4, 0.5) is 11.9 Å². The van der Waals surface area contributed by atoms with Gasteiger partial charge in [0, 0.05) is 32.2 Å². The van der Waals surface area contributed by atoms with Gasteiger partial charge in [-0.15, -0.1) is 0 Å².